The van der Waals surface area contributed by atoms with Crippen LogP contribution < -0.4 is 10.1 Å². The van der Waals surface area contributed by atoms with E-state index in [9.17, 15) is 0 Å². The first-order chi connectivity index (χ1) is 14.1. The predicted octanol–water partition coefficient (Wildman–Crippen LogP) is 4.05. The Bertz CT molecular complexity index is 971. The molecule has 1 saturated heterocycles. The molecule has 0 amide bonds. The molecule has 0 saturated carbocycles. The first-order valence-electron chi connectivity index (χ1n) is 9.51. The molecule has 4 rings (SSSR count). The molecule has 1 aromatic heterocycles. The van der Waals surface area contributed by atoms with Crippen molar-refractivity contribution in [1.29, 1.82) is 0 Å². The highest BCUT2D eigenvalue weighted by molar-refractivity contribution is 6.43. The van der Waals surface area contributed by atoms with E-state index < -0.39 is 0 Å². The molecule has 152 valence electrons. The van der Waals surface area contributed by atoms with Crippen LogP contribution >= 0.6 is 23.2 Å². The van der Waals surface area contributed by atoms with E-state index in [2.05, 4.69) is 32.8 Å². The zero-order valence-electron chi connectivity index (χ0n) is 16.1. The van der Waals surface area contributed by atoms with Gasteiger partial charge in [-0.2, -0.15) is 4.68 Å². The van der Waals surface area contributed by atoms with Crippen LogP contribution in [0, 0.1) is 0 Å². The number of hydrogen-bond donors (Lipinski definition) is 1. The van der Waals surface area contributed by atoms with E-state index in [4.69, 9.17) is 27.9 Å². The second-order valence-corrected chi connectivity index (χ2v) is 7.89. The van der Waals surface area contributed by atoms with Crippen LogP contribution in [0.15, 0.2) is 42.5 Å². The number of nitrogens with one attached hydrogen (secondary N) is 1. The standard InChI is InChI=1S/C20H22Cl2N6O/c1-27-10-8-15(9-11-27)29-16-5-2-4-14(12-16)13-23-20-24-25-26-28(20)18-7-3-6-17(21)19(18)22/h2-7,12,15H,8-11,13H2,1H3,(H,23,24,26). The lowest BCUT2D eigenvalue weighted by Crippen LogP contribution is -2.35. The third kappa shape index (κ3) is 4.80. The van der Waals surface area contributed by atoms with Crippen LogP contribution in [0.4, 0.5) is 5.95 Å². The van der Waals surface area contributed by atoms with Gasteiger partial charge in [0.05, 0.1) is 15.7 Å². The lowest BCUT2D eigenvalue weighted by molar-refractivity contribution is 0.114. The molecule has 9 heteroatoms. The van der Waals surface area contributed by atoms with Gasteiger partial charge in [-0.25, -0.2) is 0 Å². The molecule has 0 atom stereocenters. The monoisotopic (exact) mass is 432 g/mol. The topological polar surface area (TPSA) is 68.1 Å². The number of likely N-dealkylation sites (tertiary alicyclic amines) is 1. The van der Waals surface area contributed by atoms with E-state index in [1.807, 2.05) is 30.3 Å². The number of ether oxygens (including phenoxy) is 1. The summed E-state index contributed by atoms with van der Waals surface area (Å²) in [4.78, 5) is 2.33. The maximum Gasteiger partial charge on any atom is 0.248 e. The number of benzene rings is 2. The first-order valence-corrected chi connectivity index (χ1v) is 10.3. The minimum atomic E-state index is 0.270. The molecule has 0 aliphatic carbocycles. The smallest absolute Gasteiger partial charge is 0.248 e. The summed E-state index contributed by atoms with van der Waals surface area (Å²) >= 11 is 12.4. The van der Waals surface area contributed by atoms with Crippen molar-refractivity contribution in [2.45, 2.75) is 25.5 Å². The number of tetrazole rings is 1. The van der Waals surface area contributed by atoms with Gasteiger partial charge >= 0.3 is 0 Å². The third-order valence-corrected chi connectivity index (χ3v) is 5.76. The van der Waals surface area contributed by atoms with Crippen molar-refractivity contribution in [2.24, 2.45) is 0 Å². The zero-order valence-corrected chi connectivity index (χ0v) is 17.6. The Labute approximate surface area is 179 Å². The molecule has 1 fully saturated rings. The van der Waals surface area contributed by atoms with Crippen LogP contribution in [0.25, 0.3) is 5.69 Å². The predicted molar refractivity (Wildman–Crippen MR) is 114 cm³/mol. The van der Waals surface area contributed by atoms with Gasteiger partial charge in [-0.3, -0.25) is 0 Å². The first kappa shape index (κ1) is 19.9. The molecular weight excluding hydrogens is 411 g/mol. The van der Waals surface area contributed by atoms with Gasteiger partial charge in [0.15, 0.2) is 0 Å². The molecule has 29 heavy (non-hydrogen) atoms. The third-order valence-electron chi connectivity index (χ3n) is 4.95. The minimum absolute atomic E-state index is 0.270. The largest absolute Gasteiger partial charge is 0.490 e. The van der Waals surface area contributed by atoms with Gasteiger partial charge in [0.25, 0.3) is 0 Å². The molecule has 0 unspecified atom stereocenters. The van der Waals surface area contributed by atoms with E-state index in [0.717, 1.165) is 37.2 Å². The number of halogens is 2. The lowest BCUT2D eigenvalue weighted by atomic mass is 10.1. The molecule has 2 heterocycles. The van der Waals surface area contributed by atoms with Gasteiger partial charge in [-0.15, -0.1) is 0 Å². The van der Waals surface area contributed by atoms with Gasteiger partial charge in [0, 0.05) is 19.6 Å². The van der Waals surface area contributed by atoms with Crippen molar-refractivity contribution in [3.05, 3.63) is 58.1 Å². The fourth-order valence-electron chi connectivity index (χ4n) is 3.32. The fraction of sp³-hybridized carbons (Fsp3) is 0.350. The van der Waals surface area contributed by atoms with Crippen LogP contribution in [-0.4, -0.2) is 51.3 Å². The highest BCUT2D eigenvalue weighted by Crippen LogP contribution is 2.29. The molecule has 0 radical (unpaired) electrons. The summed E-state index contributed by atoms with van der Waals surface area (Å²) < 4.78 is 7.71. The molecule has 3 aromatic rings. The quantitative estimate of drug-likeness (QED) is 0.633. The Morgan fingerprint density at radius 1 is 1.14 bits per heavy atom. The summed E-state index contributed by atoms with van der Waals surface area (Å²) in [5.41, 5.74) is 1.69. The number of anilines is 1. The minimum Gasteiger partial charge on any atom is -0.490 e. The summed E-state index contributed by atoms with van der Waals surface area (Å²) in [6, 6.07) is 13.4. The van der Waals surface area contributed by atoms with Crippen LogP contribution in [0.5, 0.6) is 5.75 Å². The van der Waals surface area contributed by atoms with E-state index in [1.165, 1.54) is 4.68 Å². The molecule has 0 spiro atoms. The van der Waals surface area contributed by atoms with Crippen LogP contribution in [0.1, 0.15) is 18.4 Å². The zero-order chi connectivity index (χ0) is 20.2. The summed E-state index contributed by atoms with van der Waals surface area (Å²) in [5, 5.41) is 15.9. The molecular formula is C20H22Cl2N6O. The lowest BCUT2D eigenvalue weighted by Gasteiger charge is -2.29. The van der Waals surface area contributed by atoms with Crippen molar-refractivity contribution < 1.29 is 4.74 Å². The van der Waals surface area contributed by atoms with Crippen molar-refractivity contribution in [2.75, 3.05) is 25.5 Å². The van der Waals surface area contributed by atoms with Crippen molar-refractivity contribution >= 4 is 29.2 Å². The Balaban J connectivity index is 1.43. The summed E-state index contributed by atoms with van der Waals surface area (Å²) in [6.07, 6.45) is 2.37. The normalized spacial score (nSPS) is 15.4. The van der Waals surface area contributed by atoms with Gasteiger partial charge in [-0.1, -0.05) is 46.5 Å². The maximum atomic E-state index is 6.30. The second kappa shape index (κ2) is 8.98. The van der Waals surface area contributed by atoms with Crippen molar-refractivity contribution in [1.82, 2.24) is 25.1 Å². The number of rotatable bonds is 6. The van der Waals surface area contributed by atoms with Crippen LogP contribution in [0.3, 0.4) is 0 Å². The number of hydrogen-bond acceptors (Lipinski definition) is 6. The molecule has 1 aliphatic heterocycles. The van der Waals surface area contributed by atoms with E-state index >= 15 is 0 Å². The average molecular weight is 433 g/mol. The summed E-state index contributed by atoms with van der Waals surface area (Å²) in [7, 11) is 2.15. The van der Waals surface area contributed by atoms with Gasteiger partial charge in [0.2, 0.25) is 5.95 Å². The van der Waals surface area contributed by atoms with E-state index in [-0.39, 0.29) is 6.10 Å². The molecule has 1 N–H and O–H groups in total. The van der Waals surface area contributed by atoms with Crippen LogP contribution in [-0.2, 0) is 6.54 Å². The van der Waals surface area contributed by atoms with Crippen LogP contribution in [0.2, 0.25) is 10.0 Å². The number of nitrogens with zero attached hydrogens (tertiary/aromatic N) is 5. The number of piperidine rings is 1. The maximum absolute atomic E-state index is 6.30. The molecule has 7 nitrogen and oxygen atoms in total. The Hall–Kier alpha value is -2.35. The second-order valence-electron chi connectivity index (χ2n) is 7.11. The van der Waals surface area contributed by atoms with E-state index in [1.54, 1.807) is 12.1 Å². The summed E-state index contributed by atoms with van der Waals surface area (Å²) in [5.74, 6) is 1.37. The van der Waals surface area contributed by atoms with Crippen molar-refractivity contribution in [3.63, 3.8) is 0 Å². The highest BCUT2D eigenvalue weighted by Gasteiger charge is 2.18. The van der Waals surface area contributed by atoms with E-state index in [0.29, 0.717) is 28.2 Å². The Morgan fingerprint density at radius 3 is 2.76 bits per heavy atom. The molecule has 2 aromatic carbocycles. The Morgan fingerprint density at radius 2 is 1.93 bits per heavy atom. The fourth-order valence-corrected chi connectivity index (χ4v) is 3.70. The van der Waals surface area contributed by atoms with Gasteiger partial charge in [-0.05, 0) is 60.1 Å². The number of aromatic nitrogens is 4. The average Bonchev–Trinajstić information content (AvgIpc) is 3.19. The molecule has 0 bridgehead atoms. The van der Waals surface area contributed by atoms with Gasteiger partial charge in [0.1, 0.15) is 11.9 Å². The highest BCUT2D eigenvalue weighted by atomic mass is 35.5. The van der Waals surface area contributed by atoms with Gasteiger partial charge < -0.3 is 15.0 Å². The SMILES string of the molecule is CN1CCC(Oc2cccc(CNc3nnnn3-c3cccc(Cl)c3Cl)c2)CC1. The molecule has 1 aliphatic rings. The summed E-state index contributed by atoms with van der Waals surface area (Å²) in [6.45, 7) is 2.68. The van der Waals surface area contributed by atoms with Crippen molar-refractivity contribution in [3.8, 4) is 11.4 Å². The Kier molecular flexibility index (Phi) is 6.18.